The van der Waals surface area contributed by atoms with Gasteiger partial charge in [-0.1, -0.05) is 29.8 Å². The molecule has 1 fully saturated rings. The standard InChI is InChI=1S/C27H31ClN6O4/c1-17-15-33(10-11-34(17)23(36)16-35)27-31-13-19(14-32-27)20-8-9-21(26(37)29-2)24(25(20)38-3)30-12-18-6-4-5-7-22(18)28/h4-9,13-14,17,30,35H,10-12,15-16H2,1-3H3,(H,29,37)/p+1/t17-/m1/s1. The molecule has 1 saturated heterocycles. The summed E-state index contributed by atoms with van der Waals surface area (Å²) in [4.78, 5) is 37.5. The molecule has 3 aromatic rings. The van der Waals surface area contributed by atoms with Crippen molar-refractivity contribution in [1.29, 1.82) is 0 Å². The molecule has 0 saturated carbocycles. The highest BCUT2D eigenvalue weighted by atomic mass is 35.5. The van der Waals surface area contributed by atoms with Crippen LogP contribution in [0.2, 0.25) is 5.02 Å². The predicted molar refractivity (Wildman–Crippen MR) is 145 cm³/mol. The van der Waals surface area contributed by atoms with Crippen LogP contribution in [0.25, 0.3) is 11.1 Å². The van der Waals surface area contributed by atoms with Crippen LogP contribution < -0.4 is 20.3 Å². The van der Waals surface area contributed by atoms with E-state index in [0.717, 1.165) is 16.7 Å². The Hall–Kier alpha value is -3.73. The Balaban J connectivity index is 1.61. The number of hydrogen-bond acceptors (Lipinski definition) is 7. The first-order valence-electron chi connectivity index (χ1n) is 12.3. The topological polar surface area (TPSA) is 125 Å². The van der Waals surface area contributed by atoms with Crippen molar-refractivity contribution < 1.29 is 24.7 Å². The van der Waals surface area contributed by atoms with Crippen LogP contribution in [0.5, 0.6) is 5.75 Å². The average Bonchev–Trinajstić information content (AvgIpc) is 2.95. The van der Waals surface area contributed by atoms with Crippen LogP contribution in [-0.4, -0.2) is 78.2 Å². The van der Waals surface area contributed by atoms with Gasteiger partial charge in [-0.15, -0.1) is 0 Å². The summed E-state index contributed by atoms with van der Waals surface area (Å²) < 4.78 is 5.82. The number of amides is 2. The number of nitrogens with two attached hydrogens (primary N) is 1. The molecule has 2 amide bonds. The SMILES string of the molecule is CNC(=O)c1ccc(-c2cnc(N3CCN(C(=O)CO)[C@H](C)C3)nc2)c(OC)c1[NH2+]Cc1ccccc1Cl. The zero-order chi connectivity index (χ0) is 27.2. The van der Waals surface area contributed by atoms with Crippen LogP contribution in [0.4, 0.5) is 11.6 Å². The van der Waals surface area contributed by atoms with Gasteiger partial charge in [-0.05, 0) is 25.1 Å². The van der Waals surface area contributed by atoms with Crippen molar-refractivity contribution in [3.63, 3.8) is 0 Å². The van der Waals surface area contributed by atoms with Crippen molar-refractivity contribution in [2.24, 2.45) is 0 Å². The second-order valence-corrected chi connectivity index (χ2v) is 9.41. The third-order valence-electron chi connectivity index (χ3n) is 6.67. The highest BCUT2D eigenvalue weighted by Gasteiger charge is 2.28. The molecule has 0 aliphatic carbocycles. The van der Waals surface area contributed by atoms with Crippen molar-refractivity contribution in [3.8, 4) is 16.9 Å². The molecule has 2 heterocycles. The van der Waals surface area contributed by atoms with E-state index >= 15 is 0 Å². The van der Waals surface area contributed by atoms with Crippen molar-refractivity contribution in [2.75, 3.05) is 45.3 Å². The molecule has 0 unspecified atom stereocenters. The summed E-state index contributed by atoms with van der Waals surface area (Å²) in [6.07, 6.45) is 3.46. The van der Waals surface area contributed by atoms with Gasteiger partial charge in [0.2, 0.25) is 11.9 Å². The first-order chi connectivity index (χ1) is 18.4. The van der Waals surface area contributed by atoms with E-state index in [-0.39, 0.29) is 17.9 Å². The number of halogens is 1. The number of carbonyl (C=O) groups excluding carboxylic acids is 2. The first-order valence-corrected chi connectivity index (χ1v) is 12.7. The molecule has 1 aromatic heterocycles. The number of nitrogens with one attached hydrogen (secondary N) is 1. The molecule has 2 aromatic carbocycles. The molecule has 11 heteroatoms. The van der Waals surface area contributed by atoms with Crippen LogP contribution in [0.15, 0.2) is 48.8 Å². The van der Waals surface area contributed by atoms with Crippen LogP contribution in [-0.2, 0) is 11.3 Å². The number of aromatic nitrogens is 2. The zero-order valence-corrected chi connectivity index (χ0v) is 22.4. The van der Waals surface area contributed by atoms with Gasteiger partial charge in [-0.2, -0.15) is 0 Å². The summed E-state index contributed by atoms with van der Waals surface area (Å²) in [5.74, 6) is 0.602. The maximum Gasteiger partial charge on any atom is 0.257 e. The van der Waals surface area contributed by atoms with E-state index in [1.165, 1.54) is 0 Å². The number of methoxy groups -OCH3 is 1. The second kappa shape index (κ2) is 12.2. The number of quaternary nitrogens is 1. The number of rotatable bonds is 8. The molecule has 200 valence electrons. The van der Waals surface area contributed by atoms with Crippen molar-refractivity contribution >= 4 is 35.1 Å². The molecule has 0 bridgehead atoms. The maximum atomic E-state index is 12.7. The Labute approximate surface area is 226 Å². The third kappa shape index (κ3) is 5.72. The van der Waals surface area contributed by atoms with E-state index in [9.17, 15) is 14.7 Å². The number of ether oxygens (including phenoxy) is 1. The third-order valence-corrected chi connectivity index (χ3v) is 7.04. The van der Waals surface area contributed by atoms with Gasteiger partial charge in [-0.25, -0.2) is 9.97 Å². The first kappa shape index (κ1) is 27.3. The van der Waals surface area contributed by atoms with Gasteiger partial charge in [-0.3, -0.25) is 9.59 Å². The summed E-state index contributed by atoms with van der Waals surface area (Å²) >= 11 is 6.36. The lowest BCUT2D eigenvalue weighted by Gasteiger charge is -2.39. The quantitative estimate of drug-likeness (QED) is 0.371. The predicted octanol–water partition coefficient (Wildman–Crippen LogP) is 1.59. The van der Waals surface area contributed by atoms with E-state index in [0.29, 0.717) is 54.2 Å². The van der Waals surface area contributed by atoms with Gasteiger partial charge in [0.25, 0.3) is 5.91 Å². The van der Waals surface area contributed by atoms with Crippen molar-refractivity contribution in [2.45, 2.75) is 19.5 Å². The van der Waals surface area contributed by atoms with Gasteiger partial charge in [0, 0.05) is 66.8 Å². The van der Waals surface area contributed by atoms with Gasteiger partial charge in [0.1, 0.15) is 18.7 Å². The van der Waals surface area contributed by atoms with Gasteiger partial charge in [0.15, 0.2) is 11.4 Å². The molecular weight excluding hydrogens is 508 g/mol. The minimum atomic E-state index is -0.492. The summed E-state index contributed by atoms with van der Waals surface area (Å²) in [6, 6.07) is 11.1. The van der Waals surface area contributed by atoms with E-state index in [4.69, 9.17) is 16.3 Å². The number of nitrogens with zero attached hydrogens (tertiary/aromatic N) is 4. The summed E-state index contributed by atoms with van der Waals surface area (Å²) in [5, 5.41) is 14.5. The highest BCUT2D eigenvalue weighted by Crippen LogP contribution is 2.36. The number of aliphatic hydroxyl groups is 1. The van der Waals surface area contributed by atoms with E-state index in [1.54, 1.807) is 37.5 Å². The molecule has 4 N–H and O–H groups in total. The monoisotopic (exact) mass is 539 g/mol. The van der Waals surface area contributed by atoms with Crippen molar-refractivity contribution in [3.05, 3.63) is 64.9 Å². The Morgan fingerprint density at radius 3 is 2.55 bits per heavy atom. The number of carbonyl (C=O) groups is 2. The minimum absolute atomic E-state index is 0.0692. The Morgan fingerprint density at radius 2 is 1.92 bits per heavy atom. The fraction of sp³-hybridized carbons (Fsp3) is 0.333. The summed E-state index contributed by atoms with van der Waals surface area (Å²) in [6.45, 7) is 3.59. The lowest BCUT2D eigenvalue weighted by atomic mass is 10.0. The molecule has 0 spiro atoms. The number of benzene rings is 2. The number of anilines is 1. The average molecular weight is 540 g/mol. The Morgan fingerprint density at radius 1 is 1.18 bits per heavy atom. The number of piperazine rings is 1. The highest BCUT2D eigenvalue weighted by molar-refractivity contribution is 6.31. The fourth-order valence-corrected chi connectivity index (χ4v) is 4.90. The maximum absolute atomic E-state index is 12.7. The summed E-state index contributed by atoms with van der Waals surface area (Å²) in [7, 11) is 3.16. The molecule has 4 rings (SSSR count). The van der Waals surface area contributed by atoms with Gasteiger partial charge in [0.05, 0.1) is 7.11 Å². The lowest BCUT2D eigenvalue weighted by molar-refractivity contribution is -0.589. The van der Waals surface area contributed by atoms with Gasteiger partial charge >= 0.3 is 0 Å². The smallest absolute Gasteiger partial charge is 0.257 e. The van der Waals surface area contributed by atoms with E-state index in [1.807, 2.05) is 47.5 Å². The zero-order valence-electron chi connectivity index (χ0n) is 21.6. The van der Waals surface area contributed by atoms with Crippen LogP contribution in [0.1, 0.15) is 22.8 Å². The number of aliphatic hydroxyl groups excluding tert-OH is 1. The molecular formula is C27H32ClN6O4+. The normalized spacial score (nSPS) is 15.3. The van der Waals surface area contributed by atoms with E-state index < -0.39 is 6.61 Å². The van der Waals surface area contributed by atoms with Crippen molar-refractivity contribution in [1.82, 2.24) is 20.2 Å². The summed E-state index contributed by atoms with van der Waals surface area (Å²) in [5.41, 5.74) is 3.58. The fourth-order valence-electron chi connectivity index (χ4n) is 4.68. The minimum Gasteiger partial charge on any atom is -0.490 e. The lowest BCUT2D eigenvalue weighted by Crippen LogP contribution is -2.76. The molecule has 10 nitrogen and oxygen atoms in total. The molecule has 1 aliphatic heterocycles. The van der Waals surface area contributed by atoms with Crippen LogP contribution in [0.3, 0.4) is 0 Å². The Kier molecular flexibility index (Phi) is 8.77. The molecule has 1 atom stereocenters. The Bertz CT molecular complexity index is 1300. The van der Waals surface area contributed by atoms with Crippen LogP contribution >= 0.6 is 11.6 Å². The van der Waals surface area contributed by atoms with E-state index in [2.05, 4.69) is 15.3 Å². The van der Waals surface area contributed by atoms with Crippen LogP contribution in [0, 0.1) is 0 Å². The number of hydrogen-bond donors (Lipinski definition) is 3. The van der Waals surface area contributed by atoms with Gasteiger partial charge < -0.3 is 30.3 Å². The molecule has 0 radical (unpaired) electrons. The largest absolute Gasteiger partial charge is 0.490 e. The molecule has 1 aliphatic rings. The second-order valence-electron chi connectivity index (χ2n) is 9.00. The molecule has 38 heavy (non-hydrogen) atoms.